The lowest BCUT2D eigenvalue weighted by Crippen LogP contribution is -2.61. The smallest absolute Gasteiger partial charge is 0.327 e. The molecule has 1 aromatic heterocycles. The summed E-state index contributed by atoms with van der Waals surface area (Å²) in [6, 6.07) is -7.32. The number of aliphatic carboxylic acids is 1. The molecule has 1 rings (SSSR count). The molecule has 0 aliphatic carbocycles. The van der Waals surface area contributed by atoms with Crippen molar-refractivity contribution in [2.75, 3.05) is 18.1 Å². The van der Waals surface area contributed by atoms with E-state index in [2.05, 4.69) is 61.8 Å². The van der Waals surface area contributed by atoms with Gasteiger partial charge in [0, 0.05) is 24.1 Å². The summed E-state index contributed by atoms with van der Waals surface area (Å²) in [5.41, 5.74) is 6.05. The first-order valence-corrected chi connectivity index (χ1v) is 15.8. The first-order valence-electron chi connectivity index (χ1n) is 14.5. The summed E-state index contributed by atoms with van der Waals surface area (Å²) in [5.74, 6) is -5.79. The van der Waals surface area contributed by atoms with Crippen LogP contribution in [0.3, 0.4) is 0 Å². The molecular weight excluding hydrogens is 628 g/mol. The van der Waals surface area contributed by atoms with Gasteiger partial charge in [-0.3, -0.25) is 24.0 Å². The first-order chi connectivity index (χ1) is 21.2. The molecule has 16 nitrogen and oxygen atoms in total. The third kappa shape index (κ3) is 13.3. The van der Waals surface area contributed by atoms with Gasteiger partial charge in [0.1, 0.15) is 30.2 Å². The number of nitrogens with two attached hydrogens (primary N) is 1. The number of carbonyl (C=O) groups excluding carboxylic acids is 5. The molecule has 0 spiro atoms. The number of nitrogens with zero attached hydrogens (tertiary/aromatic N) is 1. The highest BCUT2D eigenvalue weighted by Gasteiger charge is 2.34. The van der Waals surface area contributed by atoms with Gasteiger partial charge in [0.15, 0.2) is 0 Å². The Bertz CT molecular complexity index is 1140. The second-order valence-electron chi connectivity index (χ2n) is 11.0. The molecule has 1 aromatic rings. The highest BCUT2D eigenvalue weighted by molar-refractivity contribution is 7.80. The molecule has 0 bridgehead atoms. The second kappa shape index (κ2) is 19.9. The van der Waals surface area contributed by atoms with Crippen LogP contribution < -0.4 is 32.3 Å². The van der Waals surface area contributed by atoms with E-state index in [1.807, 2.05) is 13.8 Å². The number of nitrogens with one attached hydrogen (secondary N) is 6. The van der Waals surface area contributed by atoms with Gasteiger partial charge < -0.3 is 47.5 Å². The van der Waals surface area contributed by atoms with E-state index in [4.69, 9.17) is 5.73 Å². The van der Waals surface area contributed by atoms with Gasteiger partial charge in [-0.1, -0.05) is 34.1 Å². The van der Waals surface area contributed by atoms with Gasteiger partial charge in [0.25, 0.3) is 0 Å². The largest absolute Gasteiger partial charge is 0.480 e. The number of hydrogen-bond donors (Lipinski definition) is 11. The fourth-order valence-electron chi connectivity index (χ4n) is 4.03. The van der Waals surface area contributed by atoms with Gasteiger partial charge in [-0.15, -0.1) is 0 Å². The number of carboxylic acid groups (broad SMARTS) is 1. The molecule has 0 aromatic carbocycles. The third-order valence-electron chi connectivity index (χ3n) is 6.88. The van der Waals surface area contributed by atoms with E-state index in [-0.39, 0.29) is 30.3 Å². The monoisotopic (exact) mass is 674 g/mol. The first kappa shape index (κ1) is 39.7. The maximum absolute atomic E-state index is 13.6. The molecule has 5 amide bonds. The number of carbonyl (C=O) groups is 6. The number of thiol groups is 2. The Morgan fingerprint density at radius 2 is 1.40 bits per heavy atom. The number of aliphatic hydroxyl groups is 1. The van der Waals surface area contributed by atoms with Crippen molar-refractivity contribution in [2.24, 2.45) is 17.6 Å². The van der Waals surface area contributed by atoms with Crippen LogP contribution in [-0.2, 0) is 35.2 Å². The van der Waals surface area contributed by atoms with E-state index in [0.29, 0.717) is 12.1 Å². The summed E-state index contributed by atoms with van der Waals surface area (Å²) < 4.78 is 0. The molecule has 7 atom stereocenters. The lowest BCUT2D eigenvalue weighted by Gasteiger charge is -2.29. The van der Waals surface area contributed by atoms with Gasteiger partial charge in [0.05, 0.1) is 24.7 Å². The van der Waals surface area contributed by atoms with Crippen molar-refractivity contribution in [3.8, 4) is 0 Å². The fraction of sp³-hybridized carbons (Fsp3) is 0.667. The maximum atomic E-state index is 13.6. The Morgan fingerprint density at radius 3 is 1.89 bits per heavy atom. The van der Waals surface area contributed by atoms with Crippen LogP contribution in [0.15, 0.2) is 12.5 Å². The minimum Gasteiger partial charge on any atom is -0.480 e. The number of amides is 5. The van der Waals surface area contributed by atoms with Crippen molar-refractivity contribution < 1.29 is 39.0 Å². The van der Waals surface area contributed by atoms with Crippen molar-refractivity contribution in [2.45, 2.75) is 83.2 Å². The van der Waals surface area contributed by atoms with Gasteiger partial charge in [-0.2, -0.15) is 25.3 Å². The van der Waals surface area contributed by atoms with Gasteiger partial charge in [-0.25, -0.2) is 9.78 Å². The van der Waals surface area contributed by atoms with Crippen molar-refractivity contribution in [1.82, 2.24) is 36.6 Å². The molecule has 0 saturated heterocycles. The predicted octanol–water partition coefficient (Wildman–Crippen LogP) is -2.27. The van der Waals surface area contributed by atoms with Crippen molar-refractivity contribution >= 4 is 60.8 Å². The SMILES string of the molecule is CC[C@H](C)[C@H](NC(=O)[C@H](CO)NC(=O)[C@@H](N)CS)C(=O)N[C@@H](Cc1c[nH]cn1)C(=O)N[C@@H](CC(C)C)C(=O)N[C@@H](CS)C(=O)O. The van der Waals surface area contributed by atoms with Crippen molar-refractivity contribution in [3.63, 3.8) is 0 Å². The molecular formula is C27H46N8O8S2. The van der Waals surface area contributed by atoms with Gasteiger partial charge in [0.2, 0.25) is 29.5 Å². The molecule has 0 aliphatic heterocycles. The normalized spacial score (nSPS) is 15.8. The van der Waals surface area contributed by atoms with E-state index in [9.17, 15) is 39.0 Å². The van der Waals surface area contributed by atoms with Crippen LogP contribution in [0.2, 0.25) is 0 Å². The quantitative estimate of drug-likeness (QED) is 0.0661. The van der Waals surface area contributed by atoms with Crippen LogP contribution in [0.5, 0.6) is 0 Å². The lowest BCUT2D eigenvalue weighted by atomic mass is 9.97. The van der Waals surface area contributed by atoms with Crippen LogP contribution in [0.1, 0.15) is 46.2 Å². The number of aromatic nitrogens is 2. The molecule has 1 heterocycles. The zero-order valence-corrected chi connectivity index (χ0v) is 27.6. The van der Waals surface area contributed by atoms with Crippen LogP contribution in [0, 0.1) is 11.8 Å². The van der Waals surface area contributed by atoms with Gasteiger partial charge >= 0.3 is 5.97 Å². The van der Waals surface area contributed by atoms with Crippen LogP contribution in [0.4, 0.5) is 0 Å². The van der Waals surface area contributed by atoms with Gasteiger partial charge in [-0.05, 0) is 18.3 Å². The Kier molecular flexibility index (Phi) is 17.6. The highest BCUT2D eigenvalue weighted by atomic mass is 32.1. The highest BCUT2D eigenvalue weighted by Crippen LogP contribution is 2.11. The number of H-pyrrole nitrogens is 1. The Hall–Kier alpha value is -3.35. The standard InChI is InChI=1S/C27H46N8O8S2/c1-5-14(4)21(35-25(40)19(9-36)33-22(37)16(28)10-44)26(41)32-18(7-15-8-29-12-30-15)24(39)31-17(6-13(2)3)23(38)34-20(11-45)27(42)43/h8,12-14,16-21,36,44-45H,5-7,9-11,28H2,1-4H3,(H,29,30)(H,31,39)(H,32,41)(H,33,37)(H,34,38)(H,35,40)(H,42,43)/t14-,16-,17-,18-,19-,20-,21-/m0/s1. The summed E-state index contributed by atoms with van der Waals surface area (Å²) in [4.78, 5) is 83.7. The predicted molar refractivity (Wildman–Crippen MR) is 171 cm³/mol. The summed E-state index contributed by atoms with van der Waals surface area (Å²) in [6.07, 6.45) is 3.41. The molecule has 45 heavy (non-hydrogen) atoms. The number of carboxylic acids is 1. The third-order valence-corrected chi connectivity index (χ3v) is 7.64. The lowest BCUT2D eigenvalue weighted by molar-refractivity contribution is -0.141. The summed E-state index contributed by atoms with van der Waals surface area (Å²) in [7, 11) is 0. The molecule has 254 valence electrons. The Labute approximate surface area is 273 Å². The van der Waals surface area contributed by atoms with Crippen molar-refractivity contribution in [3.05, 3.63) is 18.2 Å². The maximum Gasteiger partial charge on any atom is 0.327 e. The number of hydrogen-bond acceptors (Lipinski definition) is 11. The van der Waals surface area contributed by atoms with E-state index < -0.39 is 84.3 Å². The fourth-order valence-corrected chi connectivity index (χ4v) is 4.44. The van der Waals surface area contributed by atoms with E-state index in [1.165, 1.54) is 12.5 Å². The molecule has 18 heteroatoms. The van der Waals surface area contributed by atoms with E-state index in [1.54, 1.807) is 13.8 Å². The van der Waals surface area contributed by atoms with Crippen molar-refractivity contribution in [1.29, 1.82) is 0 Å². The molecule has 0 aliphatic rings. The molecule has 10 N–H and O–H groups in total. The van der Waals surface area contributed by atoms with E-state index in [0.717, 1.165) is 0 Å². The van der Waals surface area contributed by atoms with Crippen LogP contribution >= 0.6 is 25.3 Å². The van der Waals surface area contributed by atoms with E-state index >= 15 is 0 Å². The minimum absolute atomic E-state index is 0.00201. The average molecular weight is 675 g/mol. The summed E-state index contributed by atoms with van der Waals surface area (Å²) >= 11 is 7.90. The minimum atomic E-state index is -1.41. The molecule has 0 saturated carbocycles. The Morgan fingerprint density at radius 1 is 0.844 bits per heavy atom. The number of aliphatic hydroxyl groups excluding tert-OH is 1. The zero-order valence-electron chi connectivity index (χ0n) is 25.8. The topological polar surface area (TPSA) is 258 Å². The molecule has 0 fully saturated rings. The van der Waals surface area contributed by atoms with Crippen LogP contribution in [0.25, 0.3) is 0 Å². The Balaban J connectivity index is 3.25. The van der Waals surface area contributed by atoms with Crippen LogP contribution in [-0.4, -0.2) is 110 Å². The number of aromatic amines is 1. The molecule has 0 unspecified atom stereocenters. The molecule has 0 radical (unpaired) electrons. The zero-order chi connectivity index (χ0) is 34.3. The average Bonchev–Trinajstić information content (AvgIpc) is 3.51. The summed E-state index contributed by atoms with van der Waals surface area (Å²) in [5, 5.41) is 31.5. The second-order valence-corrected chi connectivity index (χ2v) is 11.7. The number of rotatable bonds is 20. The number of imidazole rings is 1. The summed E-state index contributed by atoms with van der Waals surface area (Å²) in [6.45, 7) is 6.34.